The van der Waals surface area contributed by atoms with Gasteiger partial charge in [-0.15, -0.1) is 12.4 Å². The van der Waals surface area contributed by atoms with Crippen molar-refractivity contribution in [3.63, 3.8) is 0 Å². The highest BCUT2D eigenvalue weighted by Crippen LogP contribution is 2.19. The minimum atomic E-state index is 0. The first-order valence-corrected chi connectivity index (χ1v) is 6.78. The predicted molar refractivity (Wildman–Crippen MR) is 76.2 cm³/mol. The van der Waals surface area contributed by atoms with E-state index in [4.69, 9.17) is 4.74 Å². The lowest BCUT2D eigenvalue weighted by atomic mass is 9.98. The number of carbonyl (C=O) groups excluding carboxylic acids is 1. The van der Waals surface area contributed by atoms with Crippen LogP contribution in [0.4, 0.5) is 0 Å². The van der Waals surface area contributed by atoms with Gasteiger partial charge in [-0.3, -0.25) is 4.79 Å². The van der Waals surface area contributed by atoms with E-state index in [-0.39, 0.29) is 24.2 Å². The lowest BCUT2D eigenvalue weighted by Crippen LogP contribution is -2.36. The molecule has 2 N–H and O–H groups in total. The molecule has 1 saturated carbocycles. The fourth-order valence-electron chi connectivity index (χ4n) is 2.20. The van der Waals surface area contributed by atoms with Gasteiger partial charge in [-0.25, -0.2) is 0 Å². The summed E-state index contributed by atoms with van der Waals surface area (Å²) in [5, 5.41) is 5.90. The molecule has 1 aliphatic rings. The molecular formula is C13H27ClN2O2. The van der Waals surface area contributed by atoms with Gasteiger partial charge in [0.25, 0.3) is 0 Å². The second-order valence-electron chi connectivity index (χ2n) is 4.88. The molecule has 0 radical (unpaired) electrons. The molecule has 0 aromatic rings. The fourth-order valence-corrected chi connectivity index (χ4v) is 2.20. The third-order valence-electron chi connectivity index (χ3n) is 3.26. The van der Waals surface area contributed by atoms with E-state index in [2.05, 4.69) is 10.6 Å². The van der Waals surface area contributed by atoms with Crippen LogP contribution in [0.15, 0.2) is 0 Å². The summed E-state index contributed by atoms with van der Waals surface area (Å²) in [4.78, 5) is 11.6. The summed E-state index contributed by atoms with van der Waals surface area (Å²) in [5.74, 6) is 0.126. The normalized spacial score (nSPS) is 17.9. The molecule has 1 unspecified atom stereocenters. The van der Waals surface area contributed by atoms with Crippen molar-refractivity contribution >= 4 is 18.3 Å². The summed E-state index contributed by atoms with van der Waals surface area (Å²) in [7, 11) is 1.86. The fraction of sp³-hybridized carbons (Fsp3) is 0.923. The lowest BCUT2D eigenvalue weighted by molar-refractivity contribution is -0.124. The second kappa shape index (κ2) is 10.6. The number of hydrogen-bond donors (Lipinski definition) is 2. The molecule has 1 amide bonds. The van der Waals surface area contributed by atoms with Gasteiger partial charge in [0.15, 0.2) is 0 Å². The van der Waals surface area contributed by atoms with E-state index in [9.17, 15) is 4.79 Å². The van der Waals surface area contributed by atoms with Crippen LogP contribution < -0.4 is 10.6 Å². The van der Waals surface area contributed by atoms with Crippen LogP contribution in [0.2, 0.25) is 0 Å². The maximum Gasteiger partial charge on any atom is 0.224 e. The molecule has 0 spiro atoms. The Morgan fingerprint density at radius 3 is 2.61 bits per heavy atom. The van der Waals surface area contributed by atoms with Crippen molar-refractivity contribution in [2.45, 2.75) is 45.1 Å². The van der Waals surface area contributed by atoms with Gasteiger partial charge >= 0.3 is 0 Å². The Morgan fingerprint density at radius 1 is 1.33 bits per heavy atom. The van der Waals surface area contributed by atoms with Crippen molar-refractivity contribution in [1.29, 1.82) is 0 Å². The van der Waals surface area contributed by atoms with E-state index in [1.807, 2.05) is 14.0 Å². The topological polar surface area (TPSA) is 50.4 Å². The van der Waals surface area contributed by atoms with Crippen LogP contribution in [-0.4, -0.2) is 38.8 Å². The van der Waals surface area contributed by atoms with Gasteiger partial charge < -0.3 is 15.4 Å². The van der Waals surface area contributed by atoms with Crippen molar-refractivity contribution in [3.05, 3.63) is 0 Å². The standard InChI is InChI=1S/C13H26N2O2.ClH/c1-11(10-14-2)13(16)15-8-9-17-12-6-4-3-5-7-12;/h11-12,14H,3-10H2,1-2H3,(H,15,16);1H. The summed E-state index contributed by atoms with van der Waals surface area (Å²) in [5.41, 5.74) is 0. The summed E-state index contributed by atoms with van der Waals surface area (Å²) in [6, 6.07) is 0. The number of nitrogens with one attached hydrogen (secondary N) is 2. The van der Waals surface area contributed by atoms with Crippen molar-refractivity contribution in [2.24, 2.45) is 5.92 Å². The molecule has 0 saturated heterocycles. The molecule has 0 bridgehead atoms. The Balaban J connectivity index is 0.00000289. The molecule has 5 heteroatoms. The van der Waals surface area contributed by atoms with Crippen molar-refractivity contribution in [1.82, 2.24) is 10.6 Å². The molecular weight excluding hydrogens is 252 g/mol. The number of ether oxygens (including phenoxy) is 1. The molecule has 108 valence electrons. The van der Waals surface area contributed by atoms with Crippen LogP contribution in [0.5, 0.6) is 0 Å². The zero-order valence-electron chi connectivity index (χ0n) is 11.5. The van der Waals surface area contributed by atoms with Gasteiger partial charge in [-0.2, -0.15) is 0 Å². The number of hydrogen-bond acceptors (Lipinski definition) is 3. The molecule has 1 fully saturated rings. The van der Waals surface area contributed by atoms with Crippen LogP contribution in [-0.2, 0) is 9.53 Å². The van der Waals surface area contributed by atoms with Gasteiger partial charge in [-0.05, 0) is 19.9 Å². The van der Waals surface area contributed by atoms with E-state index in [1.54, 1.807) is 0 Å². The Bertz CT molecular complexity index is 221. The van der Waals surface area contributed by atoms with E-state index in [0.717, 1.165) is 6.54 Å². The highest BCUT2D eigenvalue weighted by atomic mass is 35.5. The second-order valence-corrected chi connectivity index (χ2v) is 4.88. The quantitative estimate of drug-likeness (QED) is 0.698. The van der Waals surface area contributed by atoms with Crippen LogP contribution in [0.25, 0.3) is 0 Å². The smallest absolute Gasteiger partial charge is 0.224 e. The van der Waals surface area contributed by atoms with E-state index in [0.29, 0.717) is 19.3 Å². The zero-order chi connectivity index (χ0) is 12.5. The van der Waals surface area contributed by atoms with E-state index in [1.165, 1.54) is 32.1 Å². The summed E-state index contributed by atoms with van der Waals surface area (Å²) in [6.07, 6.45) is 6.72. The molecule has 1 rings (SSSR count). The van der Waals surface area contributed by atoms with Gasteiger partial charge in [0.2, 0.25) is 5.91 Å². The molecule has 0 aromatic carbocycles. The van der Waals surface area contributed by atoms with Gasteiger partial charge in [0.1, 0.15) is 0 Å². The molecule has 18 heavy (non-hydrogen) atoms. The maximum absolute atomic E-state index is 11.6. The Hall–Kier alpha value is -0.320. The Labute approximate surface area is 117 Å². The van der Waals surface area contributed by atoms with Crippen molar-refractivity contribution < 1.29 is 9.53 Å². The number of rotatable bonds is 7. The van der Waals surface area contributed by atoms with Gasteiger partial charge in [0.05, 0.1) is 12.7 Å². The largest absolute Gasteiger partial charge is 0.376 e. The summed E-state index contributed by atoms with van der Waals surface area (Å²) < 4.78 is 5.74. The van der Waals surface area contributed by atoms with Crippen LogP contribution in [0.3, 0.4) is 0 Å². The molecule has 1 atom stereocenters. The average molecular weight is 279 g/mol. The third kappa shape index (κ3) is 7.19. The lowest BCUT2D eigenvalue weighted by Gasteiger charge is -2.22. The minimum Gasteiger partial charge on any atom is -0.376 e. The first-order valence-electron chi connectivity index (χ1n) is 6.78. The van der Waals surface area contributed by atoms with Crippen LogP contribution in [0.1, 0.15) is 39.0 Å². The molecule has 0 aliphatic heterocycles. The number of carbonyl (C=O) groups is 1. The first kappa shape index (κ1) is 17.7. The predicted octanol–water partition coefficient (Wildman–Crippen LogP) is 1.73. The highest BCUT2D eigenvalue weighted by molar-refractivity contribution is 5.85. The Morgan fingerprint density at radius 2 is 2.00 bits per heavy atom. The summed E-state index contributed by atoms with van der Waals surface area (Å²) in [6.45, 7) is 3.91. The number of amides is 1. The van der Waals surface area contributed by atoms with Gasteiger partial charge in [-0.1, -0.05) is 26.2 Å². The van der Waals surface area contributed by atoms with Crippen molar-refractivity contribution in [2.75, 3.05) is 26.7 Å². The summed E-state index contributed by atoms with van der Waals surface area (Å²) >= 11 is 0. The van der Waals surface area contributed by atoms with Crippen LogP contribution >= 0.6 is 12.4 Å². The molecule has 4 nitrogen and oxygen atoms in total. The average Bonchev–Trinajstić information content (AvgIpc) is 2.36. The van der Waals surface area contributed by atoms with E-state index < -0.39 is 0 Å². The van der Waals surface area contributed by atoms with Crippen LogP contribution in [0, 0.1) is 5.92 Å². The maximum atomic E-state index is 11.6. The minimum absolute atomic E-state index is 0. The third-order valence-corrected chi connectivity index (χ3v) is 3.26. The zero-order valence-corrected chi connectivity index (χ0v) is 12.4. The van der Waals surface area contributed by atoms with Crippen molar-refractivity contribution in [3.8, 4) is 0 Å². The van der Waals surface area contributed by atoms with Gasteiger partial charge in [0, 0.05) is 19.0 Å². The number of halogens is 1. The molecule has 1 aliphatic carbocycles. The van der Waals surface area contributed by atoms with E-state index >= 15 is 0 Å². The molecule has 0 heterocycles. The Kier molecular flexibility index (Phi) is 10.4. The first-order chi connectivity index (χ1) is 8.24. The SMILES string of the molecule is CNCC(C)C(=O)NCCOC1CCCCC1.Cl. The highest BCUT2D eigenvalue weighted by Gasteiger charge is 2.14. The molecule has 0 aromatic heterocycles. The monoisotopic (exact) mass is 278 g/mol.